The van der Waals surface area contributed by atoms with Crippen LogP contribution in [0.3, 0.4) is 0 Å². The van der Waals surface area contributed by atoms with Crippen LogP contribution in [0.5, 0.6) is 0 Å². The number of aryl methyl sites for hydroxylation is 2. The molecule has 0 fully saturated rings. The van der Waals surface area contributed by atoms with Gasteiger partial charge in [-0.2, -0.15) is 0 Å². The van der Waals surface area contributed by atoms with Crippen LogP contribution in [0.15, 0.2) is 53.1 Å². The lowest BCUT2D eigenvalue weighted by Gasteiger charge is -2.14. The maximum Gasteiger partial charge on any atom is 0.259 e. The van der Waals surface area contributed by atoms with Gasteiger partial charge in [0.15, 0.2) is 0 Å². The van der Waals surface area contributed by atoms with Gasteiger partial charge in [0.1, 0.15) is 0 Å². The number of para-hydroxylation sites is 1. The third kappa shape index (κ3) is 2.13. The second-order valence-electron chi connectivity index (χ2n) is 6.67. The fourth-order valence-electron chi connectivity index (χ4n) is 4.09. The Labute approximate surface area is 158 Å². The van der Waals surface area contributed by atoms with Gasteiger partial charge in [0.25, 0.3) is 11.8 Å². The van der Waals surface area contributed by atoms with Crippen molar-refractivity contribution in [1.82, 2.24) is 9.88 Å². The normalized spacial score (nSPS) is 16.5. The molecule has 26 heavy (non-hydrogen) atoms. The molecule has 3 heterocycles. The van der Waals surface area contributed by atoms with Crippen LogP contribution in [0.2, 0.25) is 0 Å². The van der Waals surface area contributed by atoms with Crippen molar-refractivity contribution in [2.24, 2.45) is 0 Å². The molecule has 0 bridgehead atoms. The predicted molar refractivity (Wildman–Crippen MR) is 104 cm³/mol. The maximum absolute atomic E-state index is 12.7. The second-order valence-corrected chi connectivity index (χ2v) is 7.52. The van der Waals surface area contributed by atoms with Gasteiger partial charge in [0.05, 0.1) is 16.7 Å². The van der Waals surface area contributed by atoms with Crippen LogP contribution in [0.4, 0.5) is 0 Å². The second kappa shape index (κ2) is 5.68. The van der Waals surface area contributed by atoms with E-state index in [9.17, 15) is 9.59 Å². The quantitative estimate of drug-likeness (QED) is 0.655. The van der Waals surface area contributed by atoms with E-state index in [0.717, 1.165) is 40.4 Å². The highest BCUT2D eigenvalue weighted by Crippen LogP contribution is 2.39. The van der Waals surface area contributed by atoms with Gasteiger partial charge >= 0.3 is 0 Å². The van der Waals surface area contributed by atoms with Crippen LogP contribution in [-0.4, -0.2) is 16.4 Å². The molecule has 0 spiro atoms. The summed E-state index contributed by atoms with van der Waals surface area (Å²) >= 11 is 3.51. The molecule has 0 saturated heterocycles. The summed E-state index contributed by atoms with van der Waals surface area (Å²) in [4.78, 5) is 25.3. The number of imide groups is 1. The summed E-state index contributed by atoms with van der Waals surface area (Å²) in [6.45, 7) is 0.931. The lowest BCUT2D eigenvalue weighted by Crippen LogP contribution is -2.22. The van der Waals surface area contributed by atoms with Gasteiger partial charge < -0.3 is 4.57 Å². The number of rotatable bonds is 2. The van der Waals surface area contributed by atoms with Crippen molar-refractivity contribution in [3.63, 3.8) is 0 Å². The molecule has 2 aliphatic heterocycles. The first-order chi connectivity index (χ1) is 12.6. The van der Waals surface area contributed by atoms with Crippen molar-refractivity contribution in [3.8, 4) is 0 Å². The van der Waals surface area contributed by atoms with Crippen LogP contribution in [0.25, 0.3) is 22.0 Å². The minimum atomic E-state index is -0.344. The van der Waals surface area contributed by atoms with E-state index in [-0.39, 0.29) is 11.8 Å². The molecule has 0 radical (unpaired) electrons. The highest BCUT2D eigenvalue weighted by molar-refractivity contribution is 9.10. The largest absolute Gasteiger partial charge is 0.347 e. The number of carbonyl (C=O) groups is 2. The minimum absolute atomic E-state index is 0.329. The van der Waals surface area contributed by atoms with E-state index in [4.69, 9.17) is 0 Å². The monoisotopic (exact) mass is 406 g/mol. The smallest absolute Gasteiger partial charge is 0.259 e. The first-order valence-electron chi connectivity index (χ1n) is 8.61. The first-order valence-corrected chi connectivity index (χ1v) is 9.40. The van der Waals surface area contributed by atoms with E-state index in [1.165, 1.54) is 11.1 Å². The number of carbonyl (C=O) groups excluding carboxylic acids is 2. The summed E-state index contributed by atoms with van der Waals surface area (Å²) in [5.74, 6) is -0.673. The fraction of sp³-hybridized carbons (Fsp3) is 0.143. The van der Waals surface area contributed by atoms with E-state index in [1.54, 1.807) is 0 Å². The zero-order valence-corrected chi connectivity index (χ0v) is 15.5. The van der Waals surface area contributed by atoms with E-state index < -0.39 is 0 Å². The standard InChI is InChI=1S/C21H15BrN2O2/c22-16-9-2-1-7-14(16)17-18(21(26)23-20(17)25)15-11-24-10-4-6-12-5-3-8-13(15)19(12)24/h1-3,5,7-9,11H,4,6,10H2,(H,23,25,26). The zero-order valence-electron chi connectivity index (χ0n) is 13.9. The number of benzene rings is 2. The highest BCUT2D eigenvalue weighted by atomic mass is 79.9. The van der Waals surface area contributed by atoms with Gasteiger partial charge in [-0.15, -0.1) is 0 Å². The Kier molecular flexibility index (Phi) is 3.40. The van der Waals surface area contributed by atoms with Gasteiger partial charge in [-0.25, -0.2) is 0 Å². The molecule has 1 N–H and O–H groups in total. The molecule has 1 aromatic heterocycles. The molecule has 3 aromatic rings. The summed E-state index contributed by atoms with van der Waals surface area (Å²) in [5, 5.41) is 3.52. The highest BCUT2D eigenvalue weighted by Gasteiger charge is 2.35. The van der Waals surface area contributed by atoms with Crippen LogP contribution >= 0.6 is 15.9 Å². The van der Waals surface area contributed by atoms with Crippen molar-refractivity contribution in [1.29, 1.82) is 0 Å². The van der Waals surface area contributed by atoms with Gasteiger partial charge in [-0.3, -0.25) is 14.9 Å². The van der Waals surface area contributed by atoms with Crippen molar-refractivity contribution >= 4 is 49.8 Å². The van der Waals surface area contributed by atoms with Gasteiger partial charge in [-0.05, 0) is 24.5 Å². The molecular weight excluding hydrogens is 392 g/mol. The molecular formula is C21H15BrN2O2. The Bertz CT molecular complexity index is 1140. The zero-order chi connectivity index (χ0) is 17.8. The Balaban J connectivity index is 1.85. The summed E-state index contributed by atoms with van der Waals surface area (Å²) in [7, 11) is 0. The van der Waals surface area contributed by atoms with E-state index in [2.05, 4.69) is 31.9 Å². The molecule has 0 atom stereocenters. The fourth-order valence-corrected chi connectivity index (χ4v) is 4.57. The van der Waals surface area contributed by atoms with E-state index >= 15 is 0 Å². The number of nitrogens with zero attached hydrogens (tertiary/aromatic N) is 1. The lowest BCUT2D eigenvalue weighted by molar-refractivity contribution is -0.122. The number of hydrogen-bond donors (Lipinski definition) is 1. The number of aromatic nitrogens is 1. The van der Waals surface area contributed by atoms with Crippen molar-refractivity contribution in [3.05, 3.63) is 69.8 Å². The third-order valence-electron chi connectivity index (χ3n) is 5.17. The maximum atomic E-state index is 12.7. The average molecular weight is 407 g/mol. The Hall–Kier alpha value is -2.66. The molecule has 2 aromatic carbocycles. The molecule has 0 saturated carbocycles. The third-order valence-corrected chi connectivity index (χ3v) is 5.86. The van der Waals surface area contributed by atoms with Crippen molar-refractivity contribution in [2.75, 3.05) is 0 Å². The summed E-state index contributed by atoms with van der Waals surface area (Å²) in [6, 6.07) is 13.7. The van der Waals surface area contributed by atoms with Crippen LogP contribution in [-0.2, 0) is 22.6 Å². The van der Waals surface area contributed by atoms with Crippen LogP contribution < -0.4 is 5.32 Å². The summed E-state index contributed by atoms with van der Waals surface area (Å²) < 4.78 is 3.01. The Morgan fingerprint density at radius 3 is 2.50 bits per heavy atom. The molecule has 2 amide bonds. The number of nitrogens with one attached hydrogen (secondary N) is 1. The Morgan fingerprint density at radius 1 is 0.923 bits per heavy atom. The summed E-state index contributed by atoms with van der Waals surface area (Å²) in [5.41, 5.74) is 4.94. The molecule has 0 unspecified atom stereocenters. The summed E-state index contributed by atoms with van der Waals surface area (Å²) in [6.07, 6.45) is 4.15. The van der Waals surface area contributed by atoms with Crippen molar-refractivity contribution < 1.29 is 9.59 Å². The van der Waals surface area contributed by atoms with E-state index in [0.29, 0.717) is 11.1 Å². The molecule has 4 nitrogen and oxygen atoms in total. The number of hydrogen-bond acceptors (Lipinski definition) is 2. The van der Waals surface area contributed by atoms with Gasteiger partial charge in [0, 0.05) is 33.7 Å². The van der Waals surface area contributed by atoms with Gasteiger partial charge in [-0.1, -0.05) is 52.3 Å². The van der Waals surface area contributed by atoms with Crippen LogP contribution in [0, 0.1) is 0 Å². The average Bonchev–Trinajstić information content (AvgIpc) is 3.14. The molecule has 0 aliphatic carbocycles. The first kappa shape index (κ1) is 15.6. The minimum Gasteiger partial charge on any atom is -0.347 e. The van der Waals surface area contributed by atoms with Crippen LogP contribution in [0.1, 0.15) is 23.1 Å². The Morgan fingerprint density at radius 2 is 1.69 bits per heavy atom. The topological polar surface area (TPSA) is 51.1 Å². The molecule has 128 valence electrons. The molecule has 5 rings (SSSR count). The number of halogens is 1. The van der Waals surface area contributed by atoms with Crippen molar-refractivity contribution in [2.45, 2.75) is 19.4 Å². The predicted octanol–water partition coefficient (Wildman–Crippen LogP) is 3.92. The molecule has 2 aliphatic rings. The number of amides is 2. The molecule has 5 heteroatoms. The lowest BCUT2D eigenvalue weighted by atomic mass is 9.95. The van der Waals surface area contributed by atoms with E-state index in [1.807, 2.05) is 42.6 Å². The van der Waals surface area contributed by atoms with Gasteiger partial charge in [0.2, 0.25) is 0 Å². The SMILES string of the molecule is O=C1NC(=O)C(c2cn3c4c(cccc24)CCC3)=C1c1ccccc1Br.